The normalized spacial score (nSPS) is 17.3. The molecule has 0 unspecified atom stereocenters. The molecule has 0 bridgehead atoms. The number of nitrogens with one attached hydrogen (secondary N) is 1. The predicted molar refractivity (Wildman–Crippen MR) is 73.4 cm³/mol. The standard InChI is InChI=1S/C15H22N2O/c1-11-7-4-5-10-13(11)14(17(2)3)15(18)16-12-8-6-9-12/h4-5,7,10,12,14H,6,8-9H2,1-3H3,(H,16,18)/t14-/m0/s1. The van der Waals surface area contributed by atoms with Gasteiger partial charge in [0.2, 0.25) is 5.91 Å². The molecule has 0 spiro atoms. The largest absolute Gasteiger partial charge is 0.352 e. The second kappa shape index (κ2) is 5.53. The van der Waals surface area contributed by atoms with Crippen molar-refractivity contribution in [2.24, 2.45) is 0 Å². The molecule has 1 aromatic rings. The molecule has 1 aromatic carbocycles. The number of benzene rings is 1. The third-order valence-corrected chi connectivity index (χ3v) is 3.70. The van der Waals surface area contributed by atoms with E-state index in [-0.39, 0.29) is 11.9 Å². The molecule has 0 radical (unpaired) electrons. The van der Waals surface area contributed by atoms with Crippen molar-refractivity contribution in [2.45, 2.75) is 38.3 Å². The Morgan fingerprint density at radius 1 is 1.33 bits per heavy atom. The van der Waals surface area contributed by atoms with E-state index in [1.54, 1.807) is 0 Å². The first-order valence-corrected chi connectivity index (χ1v) is 6.62. The van der Waals surface area contributed by atoms with Gasteiger partial charge in [-0.3, -0.25) is 9.69 Å². The maximum atomic E-state index is 12.4. The van der Waals surface area contributed by atoms with Gasteiger partial charge in [0, 0.05) is 6.04 Å². The van der Waals surface area contributed by atoms with E-state index in [1.165, 1.54) is 12.0 Å². The van der Waals surface area contributed by atoms with Crippen LogP contribution in [0.25, 0.3) is 0 Å². The minimum absolute atomic E-state index is 0.124. The van der Waals surface area contributed by atoms with E-state index in [2.05, 4.69) is 18.3 Å². The van der Waals surface area contributed by atoms with Gasteiger partial charge in [-0.25, -0.2) is 0 Å². The summed E-state index contributed by atoms with van der Waals surface area (Å²) in [5.74, 6) is 0.124. The lowest BCUT2D eigenvalue weighted by atomic mass is 9.92. The molecular formula is C15H22N2O. The molecule has 1 aliphatic rings. The Morgan fingerprint density at radius 3 is 2.50 bits per heavy atom. The van der Waals surface area contributed by atoms with Gasteiger partial charge in [-0.2, -0.15) is 0 Å². The second-order valence-corrected chi connectivity index (χ2v) is 5.36. The van der Waals surface area contributed by atoms with Crippen LogP contribution in [0.3, 0.4) is 0 Å². The summed E-state index contributed by atoms with van der Waals surface area (Å²) in [7, 11) is 3.91. The highest BCUT2D eigenvalue weighted by Gasteiger charge is 2.28. The first-order valence-electron chi connectivity index (χ1n) is 6.62. The van der Waals surface area contributed by atoms with Gasteiger partial charge in [0.05, 0.1) is 0 Å². The van der Waals surface area contributed by atoms with Crippen molar-refractivity contribution in [3.05, 3.63) is 35.4 Å². The van der Waals surface area contributed by atoms with Crippen molar-refractivity contribution in [3.8, 4) is 0 Å². The molecule has 1 fully saturated rings. The number of hydrogen-bond donors (Lipinski definition) is 1. The Kier molecular flexibility index (Phi) is 4.02. The van der Waals surface area contributed by atoms with E-state index in [0.717, 1.165) is 18.4 Å². The van der Waals surface area contributed by atoms with Crippen molar-refractivity contribution >= 4 is 5.91 Å². The molecule has 1 saturated carbocycles. The Labute approximate surface area is 109 Å². The molecule has 2 rings (SSSR count). The van der Waals surface area contributed by atoms with E-state index in [9.17, 15) is 4.79 Å². The van der Waals surface area contributed by atoms with E-state index in [4.69, 9.17) is 0 Å². The molecule has 1 aliphatic carbocycles. The predicted octanol–water partition coefficient (Wildman–Crippen LogP) is 2.27. The number of rotatable bonds is 4. The number of likely N-dealkylation sites (N-methyl/N-ethyl adjacent to an activating group) is 1. The molecule has 1 amide bonds. The van der Waals surface area contributed by atoms with Gasteiger partial charge >= 0.3 is 0 Å². The van der Waals surface area contributed by atoms with Crippen LogP contribution >= 0.6 is 0 Å². The quantitative estimate of drug-likeness (QED) is 0.884. The zero-order valence-corrected chi connectivity index (χ0v) is 11.4. The summed E-state index contributed by atoms with van der Waals surface area (Å²) in [6, 6.07) is 8.31. The highest BCUT2D eigenvalue weighted by molar-refractivity contribution is 5.83. The van der Waals surface area contributed by atoms with Crippen molar-refractivity contribution in [2.75, 3.05) is 14.1 Å². The van der Waals surface area contributed by atoms with Crippen molar-refractivity contribution in [1.82, 2.24) is 10.2 Å². The van der Waals surface area contributed by atoms with Crippen molar-refractivity contribution in [3.63, 3.8) is 0 Å². The average Bonchev–Trinajstić information content (AvgIpc) is 2.26. The van der Waals surface area contributed by atoms with Crippen LogP contribution in [0.15, 0.2) is 24.3 Å². The minimum atomic E-state index is -0.188. The molecule has 3 nitrogen and oxygen atoms in total. The van der Waals surface area contributed by atoms with Gasteiger partial charge < -0.3 is 5.32 Å². The molecule has 0 heterocycles. The fourth-order valence-corrected chi connectivity index (χ4v) is 2.38. The average molecular weight is 246 g/mol. The third kappa shape index (κ3) is 2.72. The molecule has 1 atom stereocenters. The monoisotopic (exact) mass is 246 g/mol. The number of amides is 1. The zero-order valence-electron chi connectivity index (χ0n) is 11.4. The van der Waals surface area contributed by atoms with Crippen LogP contribution in [0, 0.1) is 6.92 Å². The van der Waals surface area contributed by atoms with E-state index in [1.807, 2.05) is 37.2 Å². The minimum Gasteiger partial charge on any atom is -0.352 e. The van der Waals surface area contributed by atoms with Crippen LogP contribution in [0.1, 0.15) is 36.4 Å². The Bertz CT molecular complexity index is 424. The SMILES string of the molecule is Cc1ccccc1[C@@H](C(=O)NC1CCC1)N(C)C. The first-order chi connectivity index (χ1) is 8.59. The molecule has 3 heteroatoms. The topological polar surface area (TPSA) is 32.3 Å². The lowest BCUT2D eigenvalue weighted by molar-refractivity contribution is -0.127. The van der Waals surface area contributed by atoms with Crippen LogP contribution in [0.4, 0.5) is 0 Å². The first kappa shape index (κ1) is 13.1. The van der Waals surface area contributed by atoms with Crippen molar-refractivity contribution in [1.29, 1.82) is 0 Å². The van der Waals surface area contributed by atoms with E-state index < -0.39 is 0 Å². The summed E-state index contributed by atoms with van der Waals surface area (Å²) in [5, 5.41) is 3.14. The Morgan fingerprint density at radius 2 is 2.00 bits per heavy atom. The summed E-state index contributed by atoms with van der Waals surface area (Å²) >= 11 is 0. The summed E-state index contributed by atoms with van der Waals surface area (Å²) in [5.41, 5.74) is 2.26. The number of carbonyl (C=O) groups excluding carboxylic acids is 1. The summed E-state index contributed by atoms with van der Waals surface area (Å²) in [6.45, 7) is 2.06. The maximum absolute atomic E-state index is 12.4. The van der Waals surface area contributed by atoms with Gasteiger partial charge in [0.1, 0.15) is 6.04 Å². The molecule has 1 N–H and O–H groups in total. The molecule has 0 aliphatic heterocycles. The smallest absolute Gasteiger partial charge is 0.242 e. The summed E-state index contributed by atoms with van der Waals surface area (Å²) < 4.78 is 0. The van der Waals surface area contributed by atoms with Crippen LogP contribution in [0.2, 0.25) is 0 Å². The van der Waals surface area contributed by atoms with Gasteiger partial charge in [0.15, 0.2) is 0 Å². The van der Waals surface area contributed by atoms with Gasteiger partial charge in [0.25, 0.3) is 0 Å². The molecule has 0 aromatic heterocycles. The van der Waals surface area contributed by atoms with Crippen LogP contribution in [0.5, 0.6) is 0 Å². The number of nitrogens with zero attached hydrogens (tertiary/aromatic N) is 1. The maximum Gasteiger partial charge on any atom is 0.242 e. The Balaban J connectivity index is 2.17. The second-order valence-electron chi connectivity index (χ2n) is 5.36. The lowest BCUT2D eigenvalue weighted by Gasteiger charge is -2.31. The number of hydrogen-bond acceptors (Lipinski definition) is 2. The third-order valence-electron chi connectivity index (χ3n) is 3.70. The van der Waals surface area contributed by atoms with Gasteiger partial charge in [-0.1, -0.05) is 24.3 Å². The summed E-state index contributed by atoms with van der Waals surface area (Å²) in [6.07, 6.45) is 3.49. The molecular weight excluding hydrogens is 224 g/mol. The fourth-order valence-electron chi connectivity index (χ4n) is 2.38. The molecule has 98 valence electrons. The van der Waals surface area contributed by atoms with Crippen LogP contribution in [-0.4, -0.2) is 30.9 Å². The van der Waals surface area contributed by atoms with E-state index >= 15 is 0 Å². The van der Waals surface area contributed by atoms with E-state index in [0.29, 0.717) is 6.04 Å². The molecule has 18 heavy (non-hydrogen) atoms. The fraction of sp³-hybridized carbons (Fsp3) is 0.533. The van der Waals surface area contributed by atoms with Crippen LogP contribution in [-0.2, 0) is 4.79 Å². The van der Waals surface area contributed by atoms with Gasteiger partial charge in [-0.15, -0.1) is 0 Å². The zero-order chi connectivity index (χ0) is 13.1. The van der Waals surface area contributed by atoms with Gasteiger partial charge in [-0.05, 0) is 51.4 Å². The Hall–Kier alpha value is -1.35. The van der Waals surface area contributed by atoms with Crippen LogP contribution < -0.4 is 5.32 Å². The van der Waals surface area contributed by atoms with Crippen molar-refractivity contribution < 1.29 is 4.79 Å². The number of aryl methyl sites for hydroxylation is 1. The lowest BCUT2D eigenvalue weighted by Crippen LogP contribution is -2.45. The molecule has 0 saturated heterocycles. The highest BCUT2D eigenvalue weighted by atomic mass is 16.2. The summed E-state index contributed by atoms with van der Waals surface area (Å²) in [4.78, 5) is 14.4. The highest BCUT2D eigenvalue weighted by Crippen LogP contribution is 2.24. The number of carbonyl (C=O) groups is 1.